The molecule has 0 spiro atoms. The fourth-order valence-corrected chi connectivity index (χ4v) is 1.13. The molecule has 1 atom stereocenters. The summed E-state index contributed by atoms with van der Waals surface area (Å²) in [4.78, 5) is 4.37. The quantitative estimate of drug-likeness (QED) is 0.420. The molecule has 0 saturated carbocycles. The van der Waals surface area contributed by atoms with Gasteiger partial charge in [-0.25, -0.2) is 0 Å². The maximum Gasteiger partial charge on any atom is 0.0501 e. The highest BCUT2D eigenvalue weighted by Crippen LogP contribution is 2.13. The van der Waals surface area contributed by atoms with Crippen LogP contribution in [0.4, 0.5) is 0 Å². The second-order valence-corrected chi connectivity index (χ2v) is 4.16. The number of hydrogen-bond acceptors (Lipinski definition) is 1. The molecule has 0 aliphatic rings. The van der Waals surface area contributed by atoms with Crippen LogP contribution in [0.2, 0.25) is 0 Å². The minimum atomic E-state index is 0.465. The third kappa shape index (κ3) is 4.35. The summed E-state index contributed by atoms with van der Waals surface area (Å²) in [7, 11) is 0. The Balaban J connectivity index is 4.44. The summed E-state index contributed by atoms with van der Waals surface area (Å²) in [5.41, 5.74) is 2.09. The molecule has 0 rings (SSSR count). The van der Waals surface area contributed by atoms with E-state index < -0.39 is 0 Å². The number of nitrogens with zero attached hydrogens (tertiary/aromatic N) is 1. The van der Waals surface area contributed by atoms with Crippen LogP contribution in [-0.2, 0) is 0 Å². The number of allylic oxidation sites excluding steroid dienone is 3. The topological polar surface area (TPSA) is 12.4 Å². The highest BCUT2D eigenvalue weighted by Gasteiger charge is 2.00. The summed E-state index contributed by atoms with van der Waals surface area (Å²) in [6.07, 6.45) is 3.80. The van der Waals surface area contributed by atoms with Crippen LogP contribution < -0.4 is 0 Å². The van der Waals surface area contributed by atoms with Crippen molar-refractivity contribution in [1.29, 1.82) is 0 Å². The van der Waals surface area contributed by atoms with Gasteiger partial charge in [-0.2, -0.15) is 0 Å². The Kier molecular flexibility index (Phi) is 5.46. The number of rotatable bonds is 3. The van der Waals surface area contributed by atoms with E-state index in [0.717, 1.165) is 11.4 Å². The summed E-state index contributed by atoms with van der Waals surface area (Å²) >= 11 is 2.34. The first-order valence-electron chi connectivity index (χ1n) is 3.59. The molecule has 0 aliphatic carbocycles. The third-order valence-electron chi connectivity index (χ3n) is 1.30. The van der Waals surface area contributed by atoms with Gasteiger partial charge in [-0.1, -0.05) is 35.2 Å². The fourth-order valence-electron chi connectivity index (χ4n) is 0.632. The first-order chi connectivity index (χ1) is 5.11. The molecule has 0 aromatic heterocycles. The van der Waals surface area contributed by atoms with E-state index >= 15 is 0 Å². The molecule has 2 heteroatoms. The van der Waals surface area contributed by atoms with E-state index in [0.29, 0.717) is 3.92 Å². The summed E-state index contributed by atoms with van der Waals surface area (Å²) in [6, 6.07) is 0. The van der Waals surface area contributed by atoms with Crippen molar-refractivity contribution in [3.63, 3.8) is 0 Å². The van der Waals surface area contributed by atoms with Gasteiger partial charge in [-0.3, -0.25) is 4.99 Å². The molecule has 0 aliphatic heterocycles. The summed E-state index contributed by atoms with van der Waals surface area (Å²) in [5.74, 6) is 0. The Morgan fingerprint density at radius 3 is 2.45 bits per heavy atom. The van der Waals surface area contributed by atoms with Crippen molar-refractivity contribution in [1.82, 2.24) is 0 Å². The maximum absolute atomic E-state index is 4.37. The predicted octanol–water partition coefficient (Wildman–Crippen LogP) is 3.36. The molecule has 0 bridgehead atoms. The highest BCUT2D eigenvalue weighted by atomic mass is 127. The van der Waals surface area contributed by atoms with Gasteiger partial charge >= 0.3 is 0 Å². The maximum atomic E-state index is 4.37. The van der Waals surface area contributed by atoms with Crippen LogP contribution in [0.3, 0.4) is 0 Å². The standard InChI is InChI=1S/C9H14IN/c1-5-7(3)11-9(6-2)8(4)10/h5-6,8H,1H2,2-4H3/b9-6-,11-7?. The summed E-state index contributed by atoms with van der Waals surface area (Å²) < 4.78 is 0.465. The van der Waals surface area contributed by atoms with Crippen molar-refractivity contribution in [2.45, 2.75) is 24.7 Å². The van der Waals surface area contributed by atoms with Crippen LogP contribution in [-0.4, -0.2) is 9.64 Å². The van der Waals surface area contributed by atoms with Gasteiger partial charge in [0.05, 0.1) is 3.92 Å². The Morgan fingerprint density at radius 2 is 2.18 bits per heavy atom. The average Bonchev–Trinajstić information content (AvgIpc) is 1.99. The van der Waals surface area contributed by atoms with Crippen molar-refractivity contribution >= 4 is 28.3 Å². The normalized spacial score (nSPS) is 16.4. The smallest absolute Gasteiger partial charge is 0.0501 e. The van der Waals surface area contributed by atoms with Crippen LogP contribution in [0, 0.1) is 0 Å². The minimum absolute atomic E-state index is 0.465. The van der Waals surface area contributed by atoms with Crippen LogP contribution in [0.5, 0.6) is 0 Å². The highest BCUT2D eigenvalue weighted by molar-refractivity contribution is 14.1. The van der Waals surface area contributed by atoms with Crippen molar-refractivity contribution in [2.24, 2.45) is 4.99 Å². The van der Waals surface area contributed by atoms with Crippen molar-refractivity contribution in [3.8, 4) is 0 Å². The van der Waals surface area contributed by atoms with E-state index in [1.807, 2.05) is 19.9 Å². The monoisotopic (exact) mass is 263 g/mol. The molecule has 0 N–H and O–H groups in total. The molecule has 0 saturated heterocycles. The second kappa shape index (κ2) is 5.52. The second-order valence-electron chi connectivity index (χ2n) is 2.29. The Labute approximate surface area is 82.4 Å². The molecular formula is C9H14IN. The first kappa shape index (κ1) is 10.9. The van der Waals surface area contributed by atoms with E-state index in [9.17, 15) is 0 Å². The molecule has 0 heterocycles. The lowest BCUT2D eigenvalue weighted by Gasteiger charge is -2.03. The number of halogens is 1. The van der Waals surface area contributed by atoms with Crippen LogP contribution in [0.15, 0.2) is 29.4 Å². The van der Waals surface area contributed by atoms with Crippen LogP contribution in [0.25, 0.3) is 0 Å². The summed E-state index contributed by atoms with van der Waals surface area (Å²) in [6.45, 7) is 9.73. The van der Waals surface area contributed by atoms with Gasteiger partial charge in [0.1, 0.15) is 0 Å². The van der Waals surface area contributed by atoms with Gasteiger partial charge in [0.15, 0.2) is 0 Å². The average molecular weight is 263 g/mol. The molecule has 0 aromatic rings. The predicted molar refractivity (Wildman–Crippen MR) is 60.5 cm³/mol. The van der Waals surface area contributed by atoms with Gasteiger partial charge in [-0.15, -0.1) is 0 Å². The largest absolute Gasteiger partial charge is 0.257 e. The van der Waals surface area contributed by atoms with Gasteiger partial charge in [-0.05, 0) is 26.8 Å². The van der Waals surface area contributed by atoms with Crippen LogP contribution >= 0.6 is 22.6 Å². The lowest BCUT2D eigenvalue weighted by atomic mass is 10.3. The Morgan fingerprint density at radius 1 is 1.64 bits per heavy atom. The summed E-state index contributed by atoms with van der Waals surface area (Å²) in [5, 5.41) is 0. The number of aliphatic imine (C=N–C) groups is 1. The van der Waals surface area contributed by atoms with E-state index in [1.54, 1.807) is 6.08 Å². The van der Waals surface area contributed by atoms with E-state index in [-0.39, 0.29) is 0 Å². The van der Waals surface area contributed by atoms with Crippen LogP contribution in [0.1, 0.15) is 20.8 Å². The zero-order valence-electron chi connectivity index (χ0n) is 7.26. The van der Waals surface area contributed by atoms with Crippen molar-refractivity contribution in [3.05, 3.63) is 24.4 Å². The van der Waals surface area contributed by atoms with E-state index in [2.05, 4.69) is 41.1 Å². The van der Waals surface area contributed by atoms with Gasteiger partial charge in [0.25, 0.3) is 0 Å². The molecule has 1 unspecified atom stereocenters. The Bertz CT molecular complexity index is 190. The van der Waals surface area contributed by atoms with Gasteiger partial charge in [0.2, 0.25) is 0 Å². The zero-order valence-corrected chi connectivity index (χ0v) is 9.42. The minimum Gasteiger partial charge on any atom is -0.257 e. The lowest BCUT2D eigenvalue weighted by molar-refractivity contribution is 1.11. The molecular weight excluding hydrogens is 249 g/mol. The molecule has 0 radical (unpaired) electrons. The molecule has 0 amide bonds. The van der Waals surface area contributed by atoms with E-state index in [4.69, 9.17) is 0 Å². The SMILES string of the molecule is C=CC(C)=N/C(=C\C)C(C)I. The molecule has 11 heavy (non-hydrogen) atoms. The first-order valence-corrected chi connectivity index (χ1v) is 4.84. The van der Waals surface area contributed by atoms with E-state index in [1.165, 1.54) is 0 Å². The van der Waals surface area contributed by atoms with Crippen molar-refractivity contribution < 1.29 is 0 Å². The molecule has 62 valence electrons. The van der Waals surface area contributed by atoms with Crippen molar-refractivity contribution in [2.75, 3.05) is 0 Å². The molecule has 0 fully saturated rings. The van der Waals surface area contributed by atoms with Gasteiger partial charge < -0.3 is 0 Å². The van der Waals surface area contributed by atoms with Gasteiger partial charge in [0, 0.05) is 11.4 Å². The fraction of sp³-hybridized carbons (Fsp3) is 0.444. The zero-order chi connectivity index (χ0) is 8.85. The number of hydrogen-bond donors (Lipinski definition) is 0. The molecule has 0 aromatic carbocycles. The lowest BCUT2D eigenvalue weighted by Crippen LogP contribution is -1.95. The number of alkyl halides is 1. The third-order valence-corrected chi connectivity index (χ3v) is 1.94. The molecule has 1 nitrogen and oxygen atoms in total. The Hall–Kier alpha value is -0.120.